The Balaban J connectivity index is 1.70. The van der Waals surface area contributed by atoms with E-state index < -0.39 is 0 Å². The number of benzene rings is 1. The van der Waals surface area contributed by atoms with Crippen LogP contribution in [-0.4, -0.2) is 19.0 Å². The molecule has 1 atom stereocenters. The summed E-state index contributed by atoms with van der Waals surface area (Å²) in [6.45, 7) is 3.16. The molecule has 0 saturated heterocycles. The highest BCUT2D eigenvalue weighted by molar-refractivity contribution is 7.09. The largest absolute Gasteiger partial charge is 0.351 e. The van der Waals surface area contributed by atoms with Crippen LogP contribution in [0.2, 0.25) is 5.02 Å². The Morgan fingerprint density at radius 3 is 2.86 bits per heavy atom. The SMILES string of the molecule is C[C@@H]([NH2+]CC(=O)NCCc1cccs1)c1ccccc1Cl. The van der Waals surface area contributed by atoms with Gasteiger partial charge >= 0.3 is 0 Å². The summed E-state index contributed by atoms with van der Waals surface area (Å²) in [5.41, 5.74) is 1.06. The van der Waals surface area contributed by atoms with Crippen molar-refractivity contribution in [1.82, 2.24) is 5.32 Å². The summed E-state index contributed by atoms with van der Waals surface area (Å²) >= 11 is 7.87. The third-order valence-corrected chi connectivity index (χ3v) is 4.61. The van der Waals surface area contributed by atoms with Crippen molar-refractivity contribution in [2.45, 2.75) is 19.4 Å². The molecule has 0 aliphatic heterocycles. The summed E-state index contributed by atoms with van der Waals surface area (Å²) in [5, 5.41) is 7.75. The van der Waals surface area contributed by atoms with Crippen LogP contribution in [-0.2, 0) is 11.2 Å². The van der Waals surface area contributed by atoms with Crippen LogP contribution in [0.3, 0.4) is 0 Å². The zero-order valence-electron chi connectivity index (χ0n) is 12.0. The molecule has 5 heteroatoms. The van der Waals surface area contributed by atoms with Crippen molar-refractivity contribution < 1.29 is 10.1 Å². The van der Waals surface area contributed by atoms with E-state index >= 15 is 0 Å². The Morgan fingerprint density at radius 2 is 2.14 bits per heavy atom. The number of halogens is 1. The predicted molar refractivity (Wildman–Crippen MR) is 87.7 cm³/mol. The van der Waals surface area contributed by atoms with Crippen molar-refractivity contribution in [3.8, 4) is 0 Å². The number of carbonyl (C=O) groups is 1. The summed E-state index contributed by atoms with van der Waals surface area (Å²) in [5.74, 6) is 0.0606. The number of quaternary nitrogens is 1. The number of carbonyl (C=O) groups excluding carboxylic acids is 1. The molecular weight excluding hydrogens is 304 g/mol. The maximum absolute atomic E-state index is 11.8. The number of rotatable bonds is 7. The molecule has 1 heterocycles. The Bertz CT molecular complexity index is 571. The van der Waals surface area contributed by atoms with E-state index in [0.717, 1.165) is 17.0 Å². The molecule has 0 saturated carbocycles. The van der Waals surface area contributed by atoms with E-state index in [-0.39, 0.29) is 11.9 Å². The first-order chi connectivity index (χ1) is 10.2. The van der Waals surface area contributed by atoms with Crippen LogP contribution in [0.5, 0.6) is 0 Å². The van der Waals surface area contributed by atoms with Crippen molar-refractivity contribution >= 4 is 28.8 Å². The molecule has 2 aromatic rings. The molecule has 0 bridgehead atoms. The molecule has 0 unspecified atom stereocenters. The Labute approximate surface area is 134 Å². The van der Waals surface area contributed by atoms with E-state index in [2.05, 4.69) is 23.7 Å². The van der Waals surface area contributed by atoms with Gasteiger partial charge < -0.3 is 10.6 Å². The van der Waals surface area contributed by atoms with Gasteiger partial charge in [-0.15, -0.1) is 11.3 Å². The molecule has 2 rings (SSSR count). The summed E-state index contributed by atoms with van der Waals surface area (Å²) < 4.78 is 0. The highest BCUT2D eigenvalue weighted by Crippen LogP contribution is 2.19. The van der Waals surface area contributed by atoms with Gasteiger partial charge in [0.2, 0.25) is 0 Å². The molecule has 112 valence electrons. The van der Waals surface area contributed by atoms with Gasteiger partial charge in [-0.05, 0) is 30.9 Å². The van der Waals surface area contributed by atoms with Crippen molar-refractivity contribution in [2.24, 2.45) is 0 Å². The van der Waals surface area contributed by atoms with E-state index in [1.807, 2.05) is 35.6 Å². The Kier molecular flexibility index (Phi) is 6.23. The fourth-order valence-electron chi connectivity index (χ4n) is 2.11. The van der Waals surface area contributed by atoms with E-state index in [4.69, 9.17) is 11.6 Å². The lowest BCUT2D eigenvalue weighted by atomic mass is 10.1. The van der Waals surface area contributed by atoms with Gasteiger partial charge in [0.05, 0.1) is 0 Å². The molecule has 1 amide bonds. The second-order valence-electron chi connectivity index (χ2n) is 4.93. The molecule has 0 fully saturated rings. The lowest BCUT2D eigenvalue weighted by molar-refractivity contribution is -0.682. The zero-order valence-corrected chi connectivity index (χ0v) is 13.6. The van der Waals surface area contributed by atoms with Crippen molar-refractivity contribution in [3.63, 3.8) is 0 Å². The van der Waals surface area contributed by atoms with Gasteiger partial charge in [0, 0.05) is 22.0 Å². The number of hydrogen-bond acceptors (Lipinski definition) is 2. The second kappa shape index (κ2) is 8.17. The summed E-state index contributed by atoms with van der Waals surface area (Å²) in [6.07, 6.45) is 0.892. The molecule has 3 nitrogen and oxygen atoms in total. The van der Waals surface area contributed by atoms with Crippen LogP contribution in [0.4, 0.5) is 0 Å². The monoisotopic (exact) mass is 323 g/mol. The Morgan fingerprint density at radius 1 is 1.33 bits per heavy atom. The van der Waals surface area contributed by atoms with Gasteiger partial charge in [-0.2, -0.15) is 0 Å². The van der Waals surface area contributed by atoms with Crippen molar-refractivity contribution in [2.75, 3.05) is 13.1 Å². The van der Waals surface area contributed by atoms with Crippen LogP contribution in [0.25, 0.3) is 0 Å². The quantitative estimate of drug-likeness (QED) is 0.807. The summed E-state index contributed by atoms with van der Waals surface area (Å²) in [6, 6.07) is 12.0. The minimum Gasteiger partial charge on any atom is -0.351 e. The van der Waals surface area contributed by atoms with Gasteiger partial charge in [-0.25, -0.2) is 0 Å². The molecule has 1 aromatic carbocycles. The molecule has 1 aromatic heterocycles. The molecule has 0 radical (unpaired) electrons. The topological polar surface area (TPSA) is 45.7 Å². The highest BCUT2D eigenvalue weighted by Gasteiger charge is 2.13. The first-order valence-electron chi connectivity index (χ1n) is 7.03. The highest BCUT2D eigenvalue weighted by atomic mass is 35.5. The minimum atomic E-state index is 0.0606. The van der Waals surface area contributed by atoms with E-state index in [1.54, 1.807) is 11.3 Å². The number of nitrogens with one attached hydrogen (secondary N) is 1. The number of hydrogen-bond donors (Lipinski definition) is 2. The predicted octanol–water partition coefficient (Wildman–Crippen LogP) is 2.38. The first kappa shape index (κ1) is 16.0. The van der Waals surface area contributed by atoms with Crippen molar-refractivity contribution in [3.05, 3.63) is 57.2 Å². The molecular formula is C16H20ClN2OS+. The van der Waals surface area contributed by atoms with E-state index in [0.29, 0.717) is 13.1 Å². The maximum Gasteiger partial charge on any atom is 0.275 e. The van der Waals surface area contributed by atoms with Gasteiger partial charge in [-0.1, -0.05) is 35.9 Å². The number of nitrogens with two attached hydrogens (primary N) is 1. The summed E-state index contributed by atoms with van der Waals surface area (Å²) in [4.78, 5) is 13.1. The third kappa shape index (κ3) is 5.16. The molecule has 0 aliphatic carbocycles. The fraction of sp³-hybridized carbons (Fsp3) is 0.312. The average Bonchev–Trinajstić information content (AvgIpc) is 2.98. The minimum absolute atomic E-state index is 0.0606. The fourth-order valence-corrected chi connectivity index (χ4v) is 3.12. The lowest BCUT2D eigenvalue weighted by Gasteiger charge is -2.12. The molecule has 0 aliphatic rings. The van der Waals surface area contributed by atoms with Gasteiger partial charge in [0.25, 0.3) is 5.91 Å². The number of amides is 1. The van der Waals surface area contributed by atoms with E-state index in [1.165, 1.54) is 4.88 Å². The van der Waals surface area contributed by atoms with Crippen LogP contribution in [0.1, 0.15) is 23.4 Å². The Hall–Kier alpha value is -1.36. The molecule has 3 N–H and O–H groups in total. The van der Waals surface area contributed by atoms with Crippen LogP contribution in [0.15, 0.2) is 41.8 Å². The number of thiophene rings is 1. The zero-order chi connectivity index (χ0) is 15.1. The molecule has 21 heavy (non-hydrogen) atoms. The van der Waals surface area contributed by atoms with Crippen LogP contribution < -0.4 is 10.6 Å². The van der Waals surface area contributed by atoms with Gasteiger partial charge in [-0.3, -0.25) is 4.79 Å². The molecule has 0 spiro atoms. The maximum atomic E-state index is 11.8. The lowest BCUT2D eigenvalue weighted by Crippen LogP contribution is -2.87. The van der Waals surface area contributed by atoms with E-state index in [9.17, 15) is 4.79 Å². The van der Waals surface area contributed by atoms with Gasteiger partial charge in [0.15, 0.2) is 6.54 Å². The average molecular weight is 324 g/mol. The van der Waals surface area contributed by atoms with Gasteiger partial charge in [0.1, 0.15) is 6.04 Å². The normalized spacial score (nSPS) is 12.1. The van der Waals surface area contributed by atoms with Crippen molar-refractivity contribution in [1.29, 1.82) is 0 Å². The first-order valence-corrected chi connectivity index (χ1v) is 8.29. The smallest absolute Gasteiger partial charge is 0.275 e. The summed E-state index contributed by atoms with van der Waals surface area (Å²) in [7, 11) is 0. The van der Waals surface area contributed by atoms with Crippen LogP contribution >= 0.6 is 22.9 Å². The standard InChI is InChI=1S/C16H19ClN2OS/c1-12(14-6-2-3-7-15(14)17)19-11-16(20)18-9-8-13-5-4-10-21-13/h2-7,10,12,19H,8-9,11H2,1H3,(H,18,20)/p+1/t12-/m1/s1. The third-order valence-electron chi connectivity index (χ3n) is 3.33. The van der Waals surface area contributed by atoms with Crippen LogP contribution in [0, 0.1) is 0 Å². The second-order valence-corrected chi connectivity index (χ2v) is 6.37.